The van der Waals surface area contributed by atoms with Gasteiger partial charge in [-0.15, -0.1) is 0 Å². The first kappa shape index (κ1) is 10.4. The molecule has 1 aliphatic carbocycles. The lowest BCUT2D eigenvalue weighted by molar-refractivity contribution is 0.248. The second-order valence-corrected chi connectivity index (χ2v) is 4.84. The van der Waals surface area contributed by atoms with E-state index in [1.165, 1.54) is 23.1 Å². The summed E-state index contributed by atoms with van der Waals surface area (Å²) >= 11 is 0. The van der Waals surface area contributed by atoms with Crippen molar-refractivity contribution in [1.29, 1.82) is 0 Å². The fourth-order valence-corrected chi connectivity index (χ4v) is 2.72. The molecule has 0 saturated carbocycles. The minimum Gasteiger partial charge on any atom is -0.311 e. The normalized spacial score (nSPS) is 21.8. The lowest BCUT2D eigenvalue weighted by Crippen LogP contribution is -2.16. The van der Waals surface area contributed by atoms with E-state index in [2.05, 4.69) is 35.8 Å². The molecule has 1 aromatic carbocycles. The molecule has 1 unspecified atom stereocenters. The highest BCUT2D eigenvalue weighted by Crippen LogP contribution is 2.37. The molecule has 1 heterocycles. The first-order chi connectivity index (χ1) is 8.22. The predicted octanol–water partition coefficient (Wildman–Crippen LogP) is 2.58. The molecule has 0 saturated heterocycles. The van der Waals surface area contributed by atoms with Crippen LogP contribution in [0.15, 0.2) is 30.1 Å². The number of urea groups is 1. The van der Waals surface area contributed by atoms with E-state index >= 15 is 0 Å². The van der Waals surface area contributed by atoms with E-state index in [0.29, 0.717) is 5.92 Å². The Morgan fingerprint density at radius 1 is 1.47 bits per heavy atom. The molecule has 1 atom stereocenters. The van der Waals surface area contributed by atoms with Crippen LogP contribution in [0, 0.1) is 6.92 Å². The summed E-state index contributed by atoms with van der Waals surface area (Å²) in [7, 11) is 0. The standard InChI is InChI=1S/C14H15N2O/c1-9-2-3-10-4-5-11(13(10)6-9)7-12-8-15-14(17)16-12/h2-3,6,8,11H,4-5,7H2,1H3,(H,15,17). The summed E-state index contributed by atoms with van der Waals surface area (Å²) in [5.74, 6) is 0.521. The molecule has 0 fully saturated rings. The molecule has 1 N–H and O–H groups in total. The van der Waals surface area contributed by atoms with Gasteiger partial charge < -0.3 is 5.32 Å². The van der Waals surface area contributed by atoms with E-state index in [0.717, 1.165) is 18.5 Å². The number of aryl methyl sites for hydroxylation is 2. The zero-order valence-electron chi connectivity index (χ0n) is 9.86. The lowest BCUT2D eigenvalue weighted by Gasteiger charge is -2.11. The van der Waals surface area contributed by atoms with Crippen molar-refractivity contribution in [2.24, 2.45) is 0 Å². The molecular weight excluding hydrogens is 212 g/mol. The molecule has 3 nitrogen and oxygen atoms in total. The van der Waals surface area contributed by atoms with E-state index < -0.39 is 0 Å². The van der Waals surface area contributed by atoms with Crippen molar-refractivity contribution < 1.29 is 4.79 Å². The van der Waals surface area contributed by atoms with Gasteiger partial charge in [0.1, 0.15) is 0 Å². The van der Waals surface area contributed by atoms with Gasteiger partial charge in [0.25, 0.3) is 0 Å². The quantitative estimate of drug-likeness (QED) is 0.829. The van der Waals surface area contributed by atoms with Crippen LogP contribution in [0.3, 0.4) is 0 Å². The lowest BCUT2D eigenvalue weighted by atomic mass is 9.95. The monoisotopic (exact) mass is 227 g/mol. The maximum atomic E-state index is 11.0. The number of allylic oxidation sites excluding steroid dienone is 1. The number of amides is 2. The van der Waals surface area contributed by atoms with Crippen LogP contribution in [0.1, 0.15) is 35.4 Å². The maximum Gasteiger partial charge on any atom is 0.345 e. The number of fused-ring (bicyclic) bond motifs is 1. The van der Waals surface area contributed by atoms with Gasteiger partial charge in [-0.05, 0) is 43.2 Å². The molecule has 1 aliphatic heterocycles. The first-order valence-corrected chi connectivity index (χ1v) is 6.03. The highest BCUT2D eigenvalue weighted by atomic mass is 16.2. The van der Waals surface area contributed by atoms with Gasteiger partial charge in [-0.1, -0.05) is 23.8 Å². The summed E-state index contributed by atoms with van der Waals surface area (Å²) in [6.45, 7) is 2.12. The van der Waals surface area contributed by atoms with E-state index in [1.807, 2.05) is 0 Å². The van der Waals surface area contributed by atoms with E-state index in [9.17, 15) is 4.79 Å². The van der Waals surface area contributed by atoms with E-state index in [1.54, 1.807) is 6.20 Å². The minimum atomic E-state index is -0.234. The highest BCUT2D eigenvalue weighted by molar-refractivity contribution is 5.79. The molecular formula is C14H15N2O. The number of hydrogen-bond donors (Lipinski definition) is 1. The van der Waals surface area contributed by atoms with Gasteiger partial charge in [-0.25, -0.2) is 4.79 Å². The van der Waals surface area contributed by atoms with Gasteiger partial charge >= 0.3 is 6.03 Å². The summed E-state index contributed by atoms with van der Waals surface area (Å²) in [6, 6.07) is 6.44. The van der Waals surface area contributed by atoms with Crippen LogP contribution >= 0.6 is 0 Å². The molecule has 1 radical (unpaired) electrons. The average molecular weight is 227 g/mol. The zero-order valence-corrected chi connectivity index (χ0v) is 9.86. The van der Waals surface area contributed by atoms with Crippen LogP contribution in [0.4, 0.5) is 4.79 Å². The second kappa shape index (κ2) is 3.91. The summed E-state index contributed by atoms with van der Waals surface area (Å²) in [5.41, 5.74) is 5.09. The molecule has 2 aliphatic rings. The van der Waals surface area contributed by atoms with Crippen molar-refractivity contribution in [3.63, 3.8) is 0 Å². The number of rotatable bonds is 2. The van der Waals surface area contributed by atoms with Crippen LogP contribution < -0.4 is 10.6 Å². The molecule has 0 aromatic heterocycles. The minimum absolute atomic E-state index is 0.234. The van der Waals surface area contributed by atoms with Gasteiger partial charge in [0, 0.05) is 6.20 Å². The van der Waals surface area contributed by atoms with Gasteiger partial charge in [-0.3, -0.25) is 0 Å². The van der Waals surface area contributed by atoms with Crippen molar-refractivity contribution in [3.8, 4) is 0 Å². The van der Waals surface area contributed by atoms with Crippen molar-refractivity contribution in [2.45, 2.75) is 32.1 Å². The molecule has 87 valence electrons. The van der Waals surface area contributed by atoms with Crippen LogP contribution in [-0.2, 0) is 6.42 Å². The second-order valence-electron chi connectivity index (χ2n) is 4.84. The Bertz CT molecular complexity index is 505. The molecule has 3 rings (SSSR count). The number of carbonyl (C=O) groups is 1. The molecule has 2 amide bonds. The van der Waals surface area contributed by atoms with Gasteiger partial charge in [0.15, 0.2) is 0 Å². The van der Waals surface area contributed by atoms with Crippen LogP contribution in [0.5, 0.6) is 0 Å². The van der Waals surface area contributed by atoms with Crippen LogP contribution in [0.2, 0.25) is 0 Å². The Morgan fingerprint density at radius 3 is 3.12 bits per heavy atom. The Balaban J connectivity index is 1.79. The van der Waals surface area contributed by atoms with Crippen molar-refractivity contribution >= 4 is 6.03 Å². The molecule has 0 spiro atoms. The smallest absolute Gasteiger partial charge is 0.311 e. The average Bonchev–Trinajstić information content (AvgIpc) is 2.87. The Labute approximate surface area is 101 Å². The molecule has 17 heavy (non-hydrogen) atoms. The van der Waals surface area contributed by atoms with Gasteiger partial charge in [-0.2, -0.15) is 5.32 Å². The topological polar surface area (TPSA) is 43.2 Å². The first-order valence-electron chi connectivity index (χ1n) is 6.03. The summed E-state index contributed by atoms with van der Waals surface area (Å²) in [6.07, 6.45) is 4.92. The summed E-state index contributed by atoms with van der Waals surface area (Å²) in [4.78, 5) is 11.0. The van der Waals surface area contributed by atoms with Crippen molar-refractivity contribution in [3.05, 3.63) is 46.8 Å². The summed E-state index contributed by atoms with van der Waals surface area (Å²) in [5, 5.41) is 6.57. The largest absolute Gasteiger partial charge is 0.345 e. The molecule has 3 heteroatoms. The van der Waals surface area contributed by atoms with Crippen LogP contribution in [0.25, 0.3) is 0 Å². The van der Waals surface area contributed by atoms with Crippen LogP contribution in [-0.4, -0.2) is 6.03 Å². The third-order valence-corrected chi connectivity index (χ3v) is 3.57. The Kier molecular flexibility index (Phi) is 2.39. The highest BCUT2D eigenvalue weighted by Gasteiger charge is 2.25. The van der Waals surface area contributed by atoms with E-state index in [-0.39, 0.29) is 6.03 Å². The SMILES string of the molecule is Cc1ccc2c(c1)C(CC1=CNC(=O)[N]1)CC2. The maximum absolute atomic E-state index is 11.0. The fraction of sp³-hybridized carbons (Fsp3) is 0.357. The number of nitrogens with zero attached hydrogens (tertiary/aromatic N) is 1. The summed E-state index contributed by atoms with van der Waals surface area (Å²) < 4.78 is 0. The molecule has 0 bridgehead atoms. The van der Waals surface area contributed by atoms with Crippen molar-refractivity contribution in [1.82, 2.24) is 10.6 Å². The Morgan fingerprint density at radius 2 is 2.35 bits per heavy atom. The van der Waals surface area contributed by atoms with E-state index in [4.69, 9.17) is 0 Å². The predicted molar refractivity (Wildman–Crippen MR) is 65.6 cm³/mol. The van der Waals surface area contributed by atoms with Gasteiger partial charge in [0.2, 0.25) is 0 Å². The van der Waals surface area contributed by atoms with Crippen molar-refractivity contribution in [2.75, 3.05) is 0 Å². The number of benzene rings is 1. The zero-order chi connectivity index (χ0) is 11.8. The van der Waals surface area contributed by atoms with Gasteiger partial charge in [0.05, 0.1) is 5.70 Å². The number of hydrogen-bond acceptors (Lipinski definition) is 1. The Hall–Kier alpha value is -1.77. The molecule has 1 aromatic rings. The fourth-order valence-electron chi connectivity index (χ4n) is 2.72. The number of nitrogens with one attached hydrogen (secondary N) is 1. The third kappa shape index (κ3) is 1.93. The third-order valence-electron chi connectivity index (χ3n) is 3.57. The number of carbonyl (C=O) groups excluding carboxylic acids is 1.